The van der Waals surface area contributed by atoms with Gasteiger partial charge in [0.2, 0.25) is 17.6 Å². The van der Waals surface area contributed by atoms with Crippen LogP contribution in [0.15, 0.2) is 53.1 Å². The third-order valence-corrected chi connectivity index (χ3v) is 5.64. The van der Waals surface area contributed by atoms with Crippen molar-refractivity contribution in [3.8, 4) is 11.4 Å². The SMILES string of the molecule is Cc1ccc(-c2noc([C@H](C)N3CCC[C@@H](C(=O)Nc4ccccc4)C3)n2)cc1F. The van der Waals surface area contributed by atoms with Crippen LogP contribution in [0.5, 0.6) is 0 Å². The minimum Gasteiger partial charge on any atom is -0.337 e. The van der Waals surface area contributed by atoms with Crippen molar-refractivity contribution in [3.05, 3.63) is 65.8 Å². The molecule has 3 aromatic rings. The summed E-state index contributed by atoms with van der Waals surface area (Å²) >= 11 is 0. The molecule has 0 unspecified atom stereocenters. The number of piperidine rings is 1. The van der Waals surface area contributed by atoms with Crippen LogP contribution < -0.4 is 5.32 Å². The number of nitrogens with one attached hydrogen (secondary N) is 1. The Kier molecular flexibility index (Phi) is 5.90. The lowest BCUT2D eigenvalue weighted by molar-refractivity contribution is -0.121. The second kappa shape index (κ2) is 8.75. The highest BCUT2D eigenvalue weighted by Crippen LogP contribution is 2.28. The van der Waals surface area contributed by atoms with E-state index in [1.807, 2.05) is 37.3 Å². The van der Waals surface area contributed by atoms with Gasteiger partial charge in [-0.3, -0.25) is 9.69 Å². The molecular formula is C23H25FN4O2. The number of halogens is 1. The Hall–Kier alpha value is -3.06. The van der Waals surface area contributed by atoms with E-state index in [2.05, 4.69) is 20.4 Å². The molecule has 156 valence electrons. The quantitative estimate of drug-likeness (QED) is 0.668. The fourth-order valence-corrected chi connectivity index (χ4v) is 3.75. The lowest BCUT2D eigenvalue weighted by atomic mass is 9.96. The Bertz CT molecular complexity index is 1020. The van der Waals surface area contributed by atoms with Gasteiger partial charge in [-0.2, -0.15) is 4.98 Å². The summed E-state index contributed by atoms with van der Waals surface area (Å²) in [5, 5.41) is 7.02. The maximum Gasteiger partial charge on any atom is 0.244 e. The molecule has 0 saturated carbocycles. The number of likely N-dealkylation sites (tertiary alicyclic amines) is 1. The number of hydrogen-bond acceptors (Lipinski definition) is 5. The van der Waals surface area contributed by atoms with E-state index < -0.39 is 0 Å². The van der Waals surface area contributed by atoms with Gasteiger partial charge in [0.25, 0.3) is 0 Å². The number of aromatic nitrogens is 2. The van der Waals surface area contributed by atoms with Crippen LogP contribution in [-0.2, 0) is 4.79 Å². The van der Waals surface area contributed by atoms with E-state index in [1.54, 1.807) is 19.1 Å². The van der Waals surface area contributed by atoms with E-state index in [1.165, 1.54) is 6.07 Å². The zero-order valence-electron chi connectivity index (χ0n) is 17.1. The second-order valence-electron chi connectivity index (χ2n) is 7.79. The smallest absolute Gasteiger partial charge is 0.244 e. The number of aryl methyl sites for hydroxylation is 1. The van der Waals surface area contributed by atoms with Crippen molar-refractivity contribution in [1.29, 1.82) is 0 Å². The number of amides is 1. The number of nitrogens with zero attached hydrogens (tertiary/aromatic N) is 3. The number of carbonyl (C=O) groups is 1. The monoisotopic (exact) mass is 408 g/mol. The molecule has 1 aromatic heterocycles. The molecule has 30 heavy (non-hydrogen) atoms. The molecule has 0 spiro atoms. The Morgan fingerprint density at radius 1 is 1.27 bits per heavy atom. The molecule has 0 aliphatic carbocycles. The van der Waals surface area contributed by atoms with Crippen LogP contribution in [0.25, 0.3) is 11.4 Å². The van der Waals surface area contributed by atoms with Gasteiger partial charge >= 0.3 is 0 Å². The van der Waals surface area contributed by atoms with Crippen molar-refractivity contribution in [2.75, 3.05) is 18.4 Å². The van der Waals surface area contributed by atoms with Gasteiger partial charge in [0.1, 0.15) is 5.82 Å². The molecule has 2 aromatic carbocycles. The first-order valence-electron chi connectivity index (χ1n) is 10.2. The van der Waals surface area contributed by atoms with Gasteiger partial charge < -0.3 is 9.84 Å². The van der Waals surface area contributed by atoms with Crippen LogP contribution in [0.3, 0.4) is 0 Å². The Balaban J connectivity index is 1.43. The van der Waals surface area contributed by atoms with Crippen molar-refractivity contribution in [1.82, 2.24) is 15.0 Å². The van der Waals surface area contributed by atoms with E-state index in [0.717, 1.165) is 25.1 Å². The number of para-hydroxylation sites is 1. The lowest BCUT2D eigenvalue weighted by Crippen LogP contribution is -2.41. The summed E-state index contributed by atoms with van der Waals surface area (Å²) in [4.78, 5) is 19.4. The molecule has 6 nitrogen and oxygen atoms in total. The maximum atomic E-state index is 13.9. The molecule has 2 atom stereocenters. The third-order valence-electron chi connectivity index (χ3n) is 5.64. The van der Waals surface area contributed by atoms with E-state index in [4.69, 9.17) is 4.52 Å². The summed E-state index contributed by atoms with van der Waals surface area (Å²) in [5.41, 5.74) is 1.96. The largest absolute Gasteiger partial charge is 0.337 e. The first kappa shape index (κ1) is 20.2. The normalized spacial score (nSPS) is 18.2. The summed E-state index contributed by atoms with van der Waals surface area (Å²) in [5.74, 6) is 0.464. The molecule has 1 N–H and O–H groups in total. The topological polar surface area (TPSA) is 71.3 Å². The highest BCUT2D eigenvalue weighted by atomic mass is 19.1. The van der Waals surface area contributed by atoms with E-state index in [9.17, 15) is 9.18 Å². The molecule has 1 fully saturated rings. The fourth-order valence-electron chi connectivity index (χ4n) is 3.75. The van der Waals surface area contributed by atoms with Crippen LogP contribution in [0.1, 0.15) is 37.3 Å². The summed E-state index contributed by atoms with van der Waals surface area (Å²) in [6, 6.07) is 14.3. The van der Waals surface area contributed by atoms with Gasteiger partial charge in [-0.15, -0.1) is 0 Å². The Morgan fingerprint density at radius 2 is 2.07 bits per heavy atom. The van der Waals surface area contributed by atoms with Gasteiger partial charge in [0, 0.05) is 17.8 Å². The summed E-state index contributed by atoms with van der Waals surface area (Å²) in [6.07, 6.45) is 1.76. The molecular weight excluding hydrogens is 383 g/mol. The van der Waals surface area contributed by atoms with Gasteiger partial charge in [-0.05, 0) is 57.0 Å². The Labute approximate surface area is 175 Å². The summed E-state index contributed by atoms with van der Waals surface area (Å²) < 4.78 is 19.3. The average Bonchev–Trinajstić information content (AvgIpc) is 3.26. The maximum absolute atomic E-state index is 13.9. The molecule has 1 aliphatic heterocycles. The number of carbonyl (C=O) groups excluding carboxylic acids is 1. The first-order valence-corrected chi connectivity index (χ1v) is 10.2. The van der Waals surface area contributed by atoms with Crippen LogP contribution in [0, 0.1) is 18.7 Å². The van der Waals surface area contributed by atoms with Crippen LogP contribution >= 0.6 is 0 Å². The van der Waals surface area contributed by atoms with Gasteiger partial charge in [0.15, 0.2) is 0 Å². The predicted octanol–water partition coefficient (Wildman–Crippen LogP) is 4.60. The standard InChI is InChI=1S/C23H25FN4O2/c1-15-10-11-17(13-20(15)24)21-26-23(30-27-21)16(2)28-12-6-7-18(14-28)22(29)25-19-8-4-3-5-9-19/h3-5,8-11,13,16,18H,6-7,12,14H2,1-2H3,(H,25,29)/t16-,18+/m0/s1. The predicted molar refractivity (Wildman–Crippen MR) is 112 cm³/mol. The molecule has 1 saturated heterocycles. The van der Waals surface area contributed by atoms with Crippen LogP contribution in [0.4, 0.5) is 10.1 Å². The number of anilines is 1. The summed E-state index contributed by atoms with van der Waals surface area (Å²) in [7, 11) is 0. The zero-order chi connectivity index (χ0) is 21.1. The molecule has 0 bridgehead atoms. The molecule has 2 heterocycles. The third kappa shape index (κ3) is 4.41. The van der Waals surface area contributed by atoms with Crippen molar-refractivity contribution in [2.45, 2.75) is 32.7 Å². The number of benzene rings is 2. The highest BCUT2D eigenvalue weighted by molar-refractivity contribution is 5.92. The first-order chi connectivity index (χ1) is 14.5. The van der Waals surface area contributed by atoms with Crippen molar-refractivity contribution in [2.24, 2.45) is 5.92 Å². The zero-order valence-corrected chi connectivity index (χ0v) is 17.1. The molecule has 1 amide bonds. The van der Waals surface area contributed by atoms with E-state index >= 15 is 0 Å². The highest BCUT2D eigenvalue weighted by Gasteiger charge is 2.31. The van der Waals surface area contributed by atoms with E-state index in [0.29, 0.717) is 29.4 Å². The average molecular weight is 408 g/mol. The Morgan fingerprint density at radius 3 is 2.83 bits per heavy atom. The molecule has 0 radical (unpaired) electrons. The van der Waals surface area contributed by atoms with Crippen molar-refractivity contribution < 1.29 is 13.7 Å². The molecule has 4 rings (SSSR count). The molecule has 7 heteroatoms. The van der Waals surface area contributed by atoms with Gasteiger partial charge in [0.05, 0.1) is 12.0 Å². The number of rotatable bonds is 5. The van der Waals surface area contributed by atoms with Crippen molar-refractivity contribution in [3.63, 3.8) is 0 Å². The van der Waals surface area contributed by atoms with Crippen LogP contribution in [0.2, 0.25) is 0 Å². The van der Waals surface area contributed by atoms with E-state index in [-0.39, 0.29) is 23.7 Å². The van der Waals surface area contributed by atoms with Gasteiger partial charge in [-0.1, -0.05) is 35.5 Å². The van der Waals surface area contributed by atoms with Crippen LogP contribution in [-0.4, -0.2) is 34.0 Å². The lowest BCUT2D eigenvalue weighted by Gasteiger charge is -2.34. The van der Waals surface area contributed by atoms with Crippen molar-refractivity contribution >= 4 is 11.6 Å². The second-order valence-corrected chi connectivity index (χ2v) is 7.79. The number of hydrogen-bond donors (Lipinski definition) is 1. The fraction of sp³-hybridized carbons (Fsp3) is 0.348. The molecule has 1 aliphatic rings. The summed E-state index contributed by atoms with van der Waals surface area (Å²) in [6.45, 7) is 5.18. The minimum atomic E-state index is -0.296. The van der Waals surface area contributed by atoms with Gasteiger partial charge in [-0.25, -0.2) is 4.39 Å². The minimum absolute atomic E-state index is 0.0273.